The lowest BCUT2D eigenvalue weighted by Crippen LogP contribution is -2.43. The van der Waals surface area contributed by atoms with Gasteiger partial charge in [-0.05, 0) is 34.1 Å². The molecule has 1 aromatic rings. The Morgan fingerprint density at radius 2 is 2.06 bits per heavy atom. The Morgan fingerprint density at radius 3 is 2.53 bits per heavy atom. The highest BCUT2D eigenvalue weighted by Crippen LogP contribution is 2.18. The molecule has 17 heavy (non-hydrogen) atoms. The van der Waals surface area contributed by atoms with Gasteiger partial charge in [0, 0.05) is 12.1 Å². The molecule has 0 bridgehead atoms. The summed E-state index contributed by atoms with van der Waals surface area (Å²) in [6, 6.07) is 0. The van der Waals surface area contributed by atoms with Crippen molar-refractivity contribution in [2.75, 3.05) is 5.73 Å². The van der Waals surface area contributed by atoms with Gasteiger partial charge in [-0.25, -0.2) is 0 Å². The van der Waals surface area contributed by atoms with Gasteiger partial charge < -0.3 is 11.1 Å². The maximum Gasteiger partial charge on any atom is 0.272 e. The summed E-state index contributed by atoms with van der Waals surface area (Å²) in [6.45, 7) is 10.4. The van der Waals surface area contributed by atoms with Crippen molar-refractivity contribution in [3.05, 3.63) is 11.4 Å². The van der Waals surface area contributed by atoms with Crippen molar-refractivity contribution in [2.45, 2.75) is 53.1 Å². The molecule has 1 amide bonds. The summed E-state index contributed by atoms with van der Waals surface area (Å²) in [6.07, 6.45) is 0.859. The van der Waals surface area contributed by atoms with E-state index in [0.29, 0.717) is 23.6 Å². The smallest absolute Gasteiger partial charge is 0.272 e. The molecule has 5 nitrogen and oxygen atoms in total. The highest BCUT2D eigenvalue weighted by Gasteiger charge is 2.24. The molecule has 96 valence electrons. The molecule has 0 radical (unpaired) electrons. The highest BCUT2D eigenvalue weighted by molar-refractivity contribution is 5.98. The first-order chi connectivity index (χ1) is 7.82. The van der Waals surface area contributed by atoms with E-state index in [-0.39, 0.29) is 11.4 Å². The molecular weight excluding hydrogens is 216 g/mol. The minimum absolute atomic E-state index is 0.156. The standard InChI is InChI=1S/C12H22N4O/c1-6-12(4,5)14-11(17)10-9(13)8(3)15-16(10)7-2/h6-7,13H2,1-5H3,(H,14,17). The number of hydrogen-bond acceptors (Lipinski definition) is 3. The van der Waals surface area contributed by atoms with Gasteiger partial charge in [-0.2, -0.15) is 5.10 Å². The average molecular weight is 238 g/mol. The van der Waals surface area contributed by atoms with Gasteiger partial charge in [0.2, 0.25) is 0 Å². The molecule has 0 spiro atoms. The van der Waals surface area contributed by atoms with Crippen LogP contribution in [0.15, 0.2) is 0 Å². The SMILES string of the molecule is CCn1nc(C)c(N)c1C(=O)NC(C)(C)CC. The number of nitrogen functional groups attached to an aromatic ring is 1. The lowest BCUT2D eigenvalue weighted by atomic mass is 10.0. The Bertz CT molecular complexity index is 420. The Hall–Kier alpha value is -1.52. The van der Waals surface area contributed by atoms with E-state index in [9.17, 15) is 4.79 Å². The summed E-state index contributed by atoms with van der Waals surface area (Å²) in [5.74, 6) is -0.156. The summed E-state index contributed by atoms with van der Waals surface area (Å²) in [4.78, 5) is 12.2. The first kappa shape index (κ1) is 13.5. The number of nitrogens with two attached hydrogens (primary N) is 1. The van der Waals surface area contributed by atoms with E-state index in [4.69, 9.17) is 5.73 Å². The van der Waals surface area contributed by atoms with Crippen LogP contribution in [-0.2, 0) is 6.54 Å². The predicted molar refractivity (Wildman–Crippen MR) is 68.9 cm³/mol. The van der Waals surface area contributed by atoms with Gasteiger partial charge in [-0.1, -0.05) is 6.92 Å². The second-order valence-electron chi connectivity index (χ2n) is 4.86. The van der Waals surface area contributed by atoms with Crippen LogP contribution >= 0.6 is 0 Å². The van der Waals surface area contributed by atoms with Crippen molar-refractivity contribution < 1.29 is 4.79 Å². The third-order valence-corrected chi connectivity index (χ3v) is 3.02. The van der Waals surface area contributed by atoms with Gasteiger partial charge in [0.1, 0.15) is 5.69 Å². The lowest BCUT2D eigenvalue weighted by Gasteiger charge is -2.24. The number of nitrogens with zero attached hydrogens (tertiary/aromatic N) is 2. The monoisotopic (exact) mass is 238 g/mol. The molecule has 0 aromatic carbocycles. The average Bonchev–Trinajstić information content (AvgIpc) is 2.54. The van der Waals surface area contributed by atoms with Gasteiger partial charge in [0.15, 0.2) is 0 Å². The van der Waals surface area contributed by atoms with E-state index in [1.54, 1.807) is 4.68 Å². The van der Waals surface area contributed by atoms with Crippen molar-refractivity contribution in [3.63, 3.8) is 0 Å². The Kier molecular flexibility index (Phi) is 3.80. The summed E-state index contributed by atoms with van der Waals surface area (Å²) >= 11 is 0. The first-order valence-corrected chi connectivity index (χ1v) is 5.97. The number of rotatable bonds is 4. The second-order valence-corrected chi connectivity index (χ2v) is 4.86. The predicted octanol–water partition coefficient (Wildman–Crippen LogP) is 1.71. The maximum absolute atomic E-state index is 12.2. The fourth-order valence-electron chi connectivity index (χ4n) is 1.52. The van der Waals surface area contributed by atoms with Gasteiger partial charge in [-0.3, -0.25) is 9.48 Å². The van der Waals surface area contributed by atoms with E-state index < -0.39 is 0 Å². The van der Waals surface area contributed by atoms with Crippen molar-refractivity contribution in [2.24, 2.45) is 0 Å². The zero-order chi connectivity index (χ0) is 13.2. The van der Waals surface area contributed by atoms with Gasteiger partial charge >= 0.3 is 0 Å². The lowest BCUT2D eigenvalue weighted by molar-refractivity contribution is 0.0901. The molecule has 5 heteroatoms. The van der Waals surface area contributed by atoms with Crippen LogP contribution < -0.4 is 11.1 Å². The number of carbonyl (C=O) groups excluding carboxylic acids is 1. The van der Waals surface area contributed by atoms with Crippen LogP contribution in [-0.4, -0.2) is 21.2 Å². The van der Waals surface area contributed by atoms with E-state index in [1.165, 1.54) is 0 Å². The van der Waals surface area contributed by atoms with Crippen LogP contribution in [0.1, 0.15) is 50.3 Å². The number of amides is 1. The van der Waals surface area contributed by atoms with E-state index in [2.05, 4.69) is 10.4 Å². The fourth-order valence-corrected chi connectivity index (χ4v) is 1.52. The Balaban J connectivity index is 3.04. The van der Waals surface area contributed by atoms with Gasteiger partial charge in [-0.15, -0.1) is 0 Å². The van der Waals surface area contributed by atoms with Gasteiger partial charge in [0.05, 0.1) is 11.4 Å². The quantitative estimate of drug-likeness (QED) is 0.838. The number of hydrogen-bond donors (Lipinski definition) is 2. The van der Waals surface area contributed by atoms with Crippen molar-refractivity contribution >= 4 is 11.6 Å². The molecular formula is C12H22N4O. The number of anilines is 1. The maximum atomic E-state index is 12.2. The van der Waals surface area contributed by atoms with Crippen LogP contribution in [0.3, 0.4) is 0 Å². The molecule has 0 atom stereocenters. The fraction of sp³-hybridized carbons (Fsp3) is 0.667. The molecule has 0 aliphatic heterocycles. The molecule has 0 unspecified atom stereocenters. The molecule has 1 aromatic heterocycles. The van der Waals surface area contributed by atoms with Crippen molar-refractivity contribution in [3.8, 4) is 0 Å². The highest BCUT2D eigenvalue weighted by atomic mass is 16.2. The van der Waals surface area contributed by atoms with Crippen LogP contribution in [0.2, 0.25) is 0 Å². The Labute approximate surface area is 102 Å². The minimum atomic E-state index is -0.236. The van der Waals surface area contributed by atoms with E-state index in [0.717, 1.165) is 6.42 Å². The molecule has 0 saturated heterocycles. The number of nitrogens with one attached hydrogen (secondary N) is 1. The first-order valence-electron chi connectivity index (χ1n) is 5.97. The molecule has 0 aliphatic carbocycles. The largest absolute Gasteiger partial charge is 0.395 e. The second kappa shape index (κ2) is 4.77. The summed E-state index contributed by atoms with van der Waals surface area (Å²) in [7, 11) is 0. The summed E-state index contributed by atoms with van der Waals surface area (Å²) in [5, 5.41) is 7.21. The third-order valence-electron chi connectivity index (χ3n) is 3.02. The summed E-state index contributed by atoms with van der Waals surface area (Å²) < 4.78 is 1.64. The normalized spacial score (nSPS) is 11.6. The van der Waals surface area contributed by atoms with Gasteiger partial charge in [0.25, 0.3) is 5.91 Å². The van der Waals surface area contributed by atoms with E-state index in [1.807, 2.05) is 34.6 Å². The number of carbonyl (C=O) groups is 1. The molecule has 0 saturated carbocycles. The number of aryl methyl sites for hydroxylation is 2. The molecule has 0 fully saturated rings. The zero-order valence-corrected chi connectivity index (χ0v) is 11.3. The van der Waals surface area contributed by atoms with Crippen molar-refractivity contribution in [1.29, 1.82) is 0 Å². The number of aromatic nitrogens is 2. The van der Waals surface area contributed by atoms with Crippen LogP contribution in [0.5, 0.6) is 0 Å². The topological polar surface area (TPSA) is 72.9 Å². The summed E-state index contributed by atoms with van der Waals surface area (Å²) in [5.41, 5.74) is 7.29. The molecule has 3 N–H and O–H groups in total. The molecule has 0 aliphatic rings. The zero-order valence-electron chi connectivity index (χ0n) is 11.3. The molecule has 1 rings (SSSR count). The van der Waals surface area contributed by atoms with Crippen LogP contribution in [0.4, 0.5) is 5.69 Å². The van der Waals surface area contributed by atoms with Crippen LogP contribution in [0, 0.1) is 6.92 Å². The van der Waals surface area contributed by atoms with E-state index >= 15 is 0 Å². The minimum Gasteiger partial charge on any atom is -0.395 e. The Morgan fingerprint density at radius 1 is 1.47 bits per heavy atom. The molecule has 1 heterocycles. The van der Waals surface area contributed by atoms with Crippen LogP contribution in [0.25, 0.3) is 0 Å². The third kappa shape index (κ3) is 2.78. The van der Waals surface area contributed by atoms with Crippen molar-refractivity contribution in [1.82, 2.24) is 15.1 Å².